The Labute approximate surface area is 59.9 Å². The predicted molar refractivity (Wildman–Crippen MR) is 40.5 cm³/mol. The lowest BCUT2D eigenvalue weighted by molar-refractivity contribution is 0.526. The minimum atomic E-state index is 0.832. The zero-order valence-electron chi connectivity index (χ0n) is 5.87. The van der Waals surface area contributed by atoms with E-state index in [1.54, 1.807) is 6.08 Å². The summed E-state index contributed by atoms with van der Waals surface area (Å²) in [4.78, 5) is 3.95. The van der Waals surface area contributed by atoms with Crippen LogP contribution < -0.4 is 0 Å². The molecule has 0 aliphatic rings. The molecular formula is C8H9NO. The third-order valence-electron chi connectivity index (χ3n) is 1.17. The lowest BCUT2D eigenvalue weighted by atomic mass is 10.3. The standard InChI is InChI=1S/C8H9NO/c1-3-4-5-8-7(2)10-6-9-8/h3-6H,1H2,2H3/b5-4-. The fourth-order valence-corrected chi connectivity index (χ4v) is 0.633. The highest BCUT2D eigenvalue weighted by Gasteiger charge is 1.95. The molecule has 1 heterocycles. The van der Waals surface area contributed by atoms with Gasteiger partial charge in [0.05, 0.1) is 0 Å². The van der Waals surface area contributed by atoms with Crippen LogP contribution in [0.1, 0.15) is 11.5 Å². The van der Waals surface area contributed by atoms with E-state index in [0.717, 1.165) is 11.5 Å². The number of aromatic nitrogens is 1. The first-order valence-electron chi connectivity index (χ1n) is 3.04. The second kappa shape index (κ2) is 3.01. The summed E-state index contributed by atoms with van der Waals surface area (Å²) in [5, 5.41) is 0. The van der Waals surface area contributed by atoms with Crippen molar-refractivity contribution in [3.05, 3.63) is 36.6 Å². The van der Waals surface area contributed by atoms with Gasteiger partial charge < -0.3 is 4.42 Å². The number of aryl methyl sites for hydroxylation is 1. The van der Waals surface area contributed by atoms with E-state index in [1.807, 2.05) is 19.1 Å². The second-order valence-corrected chi connectivity index (χ2v) is 1.89. The van der Waals surface area contributed by atoms with Crippen LogP contribution >= 0.6 is 0 Å². The molecule has 10 heavy (non-hydrogen) atoms. The Morgan fingerprint density at radius 3 is 3.00 bits per heavy atom. The lowest BCUT2D eigenvalue weighted by Crippen LogP contribution is -1.72. The summed E-state index contributed by atoms with van der Waals surface area (Å²) in [6.45, 7) is 5.42. The first-order valence-corrected chi connectivity index (χ1v) is 3.04. The molecule has 1 aromatic rings. The summed E-state index contributed by atoms with van der Waals surface area (Å²) in [6, 6.07) is 0. The van der Waals surface area contributed by atoms with Crippen molar-refractivity contribution in [2.45, 2.75) is 6.92 Å². The SMILES string of the molecule is C=C/C=C\c1ncoc1C. The molecule has 0 atom stereocenters. The smallest absolute Gasteiger partial charge is 0.181 e. The normalized spacial score (nSPS) is 10.5. The molecule has 0 bridgehead atoms. The molecule has 0 radical (unpaired) electrons. The van der Waals surface area contributed by atoms with Gasteiger partial charge in [0.25, 0.3) is 0 Å². The lowest BCUT2D eigenvalue weighted by Gasteiger charge is -1.81. The van der Waals surface area contributed by atoms with Crippen LogP contribution in [0.5, 0.6) is 0 Å². The third kappa shape index (κ3) is 1.35. The van der Waals surface area contributed by atoms with Crippen LogP contribution in [0.4, 0.5) is 0 Å². The minimum Gasteiger partial charge on any atom is -0.448 e. The first kappa shape index (κ1) is 6.81. The molecule has 0 spiro atoms. The van der Waals surface area contributed by atoms with E-state index < -0.39 is 0 Å². The number of allylic oxidation sites excluding steroid dienone is 2. The highest BCUT2D eigenvalue weighted by Crippen LogP contribution is 2.05. The Bertz CT molecular complexity index is 248. The Balaban J connectivity index is 2.83. The van der Waals surface area contributed by atoms with Crippen LogP contribution in [0, 0.1) is 6.92 Å². The quantitative estimate of drug-likeness (QED) is 0.581. The molecule has 0 unspecified atom stereocenters. The number of oxazole rings is 1. The third-order valence-corrected chi connectivity index (χ3v) is 1.17. The van der Waals surface area contributed by atoms with Gasteiger partial charge in [-0.3, -0.25) is 0 Å². The topological polar surface area (TPSA) is 26.0 Å². The van der Waals surface area contributed by atoms with Gasteiger partial charge in [0.2, 0.25) is 0 Å². The van der Waals surface area contributed by atoms with Gasteiger partial charge in [-0.05, 0) is 13.0 Å². The molecule has 0 aliphatic heterocycles. The minimum absolute atomic E-state index is 0.832. The van der Waals surface area contributed by atoms with Crippen LogP contribution in [-0.4, -0.2) is 4.98 Å². The molecule has 1 rings (SSSR count). The fourth-order valence-electron chi connectivity index (χ4n) is 0.633. The highest BCUT2D eigenvalue weighted by atomic mass is 16.3. The molecule has 0 saturated carbocycles. The molecule has 2 nitrogen and oxygen atoms in total. The van der Waals surface area contributed by atoms with Gasteiger partial charge in [-0.1, -0.05) is 18.7 Å². The summed E-state index contributed by atoms with van der Waals surface area (Å²) in [5.41, 5.74) is 0.861. The van der Waals surface area contributed by atoms with Gasteiger partial charge in [0, 0.05) is 0 Å². The Morgan fingerprint density at radius 1 is 1.70 bits per heavy atom. The van der Waals surface area contributed by atoms with E-state index in [1.165, 1.54) is 6.39 Å². The van der Waals surface area contributed by atoms with Crippen molar-refractivity contribution in [2.24, 2.45) is 0 Å². The molecule has 2 heteroatoms. The van der Waals surface area contributed by atoms with Crippen molar-refractivity contribution < 1.29 is 4.42 Å². The Morgan fingerprint density at radius 2 is 2.50 bits per heavy atom. The number of nitrogens with zero attached hydrogens (tertiary/aromatic N) is 1. The van der Waals surface area contributed by atoms with Crippen LogP contribution in [0.3, 0.4) is 0 Å². The van der Waals surface area contributed by atoms with E-state index in [4.69, 9.17) is 4.42 Å². The van der Waals surface area contributed by atoms with Gasteiger partial charge in [-0.25, -0.2) is 4.98 Å². The molecular weight excluding hydrogens is 126 g/mol. The first-order chi connectivity index (χ1) is 4.84. The largest absolute Gasteiger partial charge is 0.448 e. The van der Waals surface area contributed by atoms with E-state index in [2.05, 4.69) is 11.6 Å². The molecule has 0 aromatic carbocycles. The van der Waals surface area contributed by atoms with Crippen molar-refractivity contribution in [3.63, 3.8) is 0 Å². The van der Waals surface area contributed by atoms with Gasteiger partial charge in [0.1, 0.15) is 11.5 Å². The van der Waals surface area contributed by atoms with Gasteiger partial charge >= 0.3 is 0 Å². The fraction of sp³-hybridized carbons (Fsp3) is 0.125. The summed E-state index contributed by atoms with van der Waals surface area (Å²) < 4.78 is 4.96. The van der Waals surface area contributed by atoms with E-state index >= 15 is 0 Å². The molecule has 0 saturated heterocycles. The van der Waals surface area contributed by atoms with E-state index in [9.17, 15) is 0 Å². The van der Waals surface area contributed by atoms with Crippen molar-refractivity contribution in [3.8, 4) is 0 Å². The van der Waals surface area contributed by atoms with Crippen molar-refractivity contribution >= 4 is 6.08 Å². The van der Waals surface area contributed by atoms with E-state index in [0.29, 0.717) is 0 Å². The van der Waals surface area contributed by atoms with Crippen LogP contribution in [0.2, 0.25) is 0 Å². The van der Waals surface area contributed by atoms with Gasteiger partial charge in [-0.15, -0.1) is 0 Å². The monoisotopic (exact) mass is 135 g/mol. The summed E-state index contributed by atoms with van der Waals surface area (Å²) in [5.74, 6) is 0.832. The molecule has 0 fully saturated rings. The van der Waals surface area contributed by atoms with E-state index in [-0.39, 0.29) is 0 Å². The summed E-state index contributed by atoms with van der Waals surface area (Å²) >= 11 is 0. The zero-order valence-corrected chi connectivity index (χ0v) is 5.87. The maximum absolute atomic E-state index is 4.96. The number of rotatable bonds is 2. The number of hydrogen-bond donors (Lipinski definition) is 0. The summed E-state index contributed by atoms with van der Waals surface area (Å²) in [6.07, 6.45) is 6.81. The average molecular weight is 135 g/mol. The van der Waals surface area contributed by atoms with Gasteiger partial charge in [0.15, 0.2) is 6.39 Å². The van der Waals surface area contributed by atoms with Crippen molar-refractivity contribution in [1.82, 2.24) is 4.98 Å². The maximum Gasteiger partial charge on any atom is 0.181 e. The Kier molecular flexibility index (Phi) is 2.05. The zero-order chi connectivity index (χ0) is 7.40. The molecule has 52 valence electrons. The van der Waals surface area contributed by atoms with Crippen molar-refractivity contribution in [1.29, 1.82) is 0 Å². The highest BCUT2D eigenvalue weighted by molar-refractivity contribution is 5.47. The molecule has 0 N–H and O–H groups in total. The molecule has 1 aromatic heterocycles. The number of hydrogen-bond acceptors (Lipinski definition) is 2. The maximum atomic E-state index is 4.96. The Hall–Kier alpha value is -1.31. The van der Waals surface area contributed by atoms with Crippen LogP contribution in [0.25, 0.3) is 6.08 Å². The van der Waals surface area contributed by atoms with Crippen molar-refractivity contribution in [2.75, 3.05) is 0 Å². The van der Waals surface area contributed by atoms with Crippen LogP contribution in [-0.2, 0) is 0 Å². The average Bonchev–Trinajstić information content (AvgIpc) is 2.31. The second-order valence-electron chi connectivity index (χ2n) is 1.89. The summed E-state index contributed by atoms with van der Waals surface area (Å²) in [7, 11) is 0. The van der Waals surface area contributed by atoms with Crippen LogP contribution in [0.15, 0.2) is 29.5 Å². The molecule has 0 amide bonds. The predicted octanol–water partition coefficient (Wildman–Crippen LogP) is 2.18. The van der Waals surface area contributed by atoms with Gasteiger partial charge in [-0.2, -0.15) is 0 Å². The molecule has 0 aliphatic carbocycles.